The van der Waals surface area contributed by atoms with E-state index < -0.39 is 5.54 Å². The molecule has 0 unspecified atom stereocenters. The number of Topliss-reactive ketones (excluding diaryl/α,β-unsaturated/α-hetero) is 1. The first-order chi connectivity index (χ1) is 6.12. The molecule has 1 aromatic heterocycles. The normalized spacial score (nSPS) is 19.5. The molecule has 4 heteroatoms. The molecule has 13 heavy (non-hydrogen) atoms. The molecule has 2 rings (SSSR count). The Morgan fingerprint density at radius 2 is 2.38 bits per heavy atom. The van der Waals surface area contributed by atoms with Crippen molar-refractivity contribution in [3.63, 3.8) is 0 Å². The lowest BCUT2D eigenvalue weighted by Gasteiger charge is -2.35. The summed E-state index contributed by atoms with van der Waals surface area (Å²) in [6.07, 6.45) is 2.71. The van der Waals surface area contributed by atoms with Crippen molar-refractivity contribution in [1.29, 1.82) is 0 Å². The molecule has 70 valence electrons. The van der Waals surface area contributed by atoms with E-state index in [0.717, 1.165) is 25.0 Å². The highest BCUT2D eigenvalue weighted by Gasteiger charge is 2.41. The van der Waals surface area contributed by atoms with Crippen molar-refractivity contribution in [2.24, 2.45) is 5.73 Å². The summed E-state index contributed by atoms with van der Waals surface area (Å²) in [7, 11) is 0. The van der Waals surface area contributed by atoms with Crippen LogP contribution in [-0.2, 0) is 0 Å². The second-order valence-corrected chi connectivity index (χ2v) is 4.48. The van der Waals surface area contributed by atoms with Crippen LogP contribution < -0.4 is 5.73 Å². The summed E-state index contributed by atoms with van der Waals surface area (Å²) in [6, 6.07) is 1.82. The molecular weight excluding hydrogens is 184 g/mol. The molecular formula is C9H12N2OS. The highest BCUT2D eigenvalue weighted by Crippen LogP contribution is 2.33. The van der Waals surface area contributed by atoms with Crippen molar-refractivity contribution in [1.82, 2.24) is 4.37 Å². The molecule has 1 aromatic rings. The van der Waals surface area contributed by atoms with Crippen molar-refractivity contribution in [3.05, 3.63) is 16.6 Å². The molecule has 1 heterocycles. The van der Waals surface area contributed by atoms with Gasteiger partial charge in [-0.3, -0.25) is 4.79 Å². The fraction of sp³-hybridized carbons (Fsp3) is 0.556. The van der Waals surface area contributed by atoms with E-state index in [2.05, 4.69) is 4.37 Å². The van der Waals surface area contributed by atoms with Crippen LogP contribution in [0.1, 0.15) is 34.6 Å². The van der Waals surface area contributed by atoms with E-state index in [0.29, 0.717) is 4.88 Å². The molecule has 0 aromatic carbocycles. The van der Waals surface area contributed by atoms with Gasteiger partial charge in [0, 0.05) is 0 Å². The monoisotopic (exact) mass is 196 g/mol. The average molecular weight is 196 g/mol. The SMILES string of the molecule is Cc1cc(C(=O)C2(N)CCC2)sn1. The number of nitrogens with two attached hydrogens (primary N) is 1. The molecule has 1 aliphatic carbocycles. The molecule has 0 radical (unpaired) electrons. The first kappa shape index (κ1) is 8.84. The van der Waals surface area contributed by atoms with Crippen molar-refractivity contribution in [3.8, 4) is 0 Å². The minimum atomic E-state index is -0.570. The summed E-state index contributed by atoms with van der Waals surface area (Å²) in [5.74, 6) is 0.0735. The van der Waals surface area contributed by atoms with Gasteiger partial charge in [-0.15, -0.1) is 0 Å². The van der Waals surface area contributed by atoms with Gasteiger partial charge >= 0.3 is 0 Å². The zero-order chi connectivity index (χ0) is 9.47. The zero-order valence-electron chi connectivity index (χ0n) is 7.54. The number of nitrogens with zero attached hydrogens (tertiary/aromatic N) is 1. The predicted molar refractivity (Wildman–Crippen MR) is 52.0 cm³/mol. The van der Waals surface area contributed by atoms with Gasteiger partial charge in [-0.25, -0.2) is 0 Å². The number of hydrogen-bond acceptors (Lipinski definition) is 4. The smallest absolute Gasteiger partial charge is 0.194 e. The maximum absolute atomic E-state index is 11.8. The molecule has 0 spiro atoms. The van der Waals surface area contributed by atoms with E-state index in [1.807, 2.05) is 13.0 Å². The summed E-state index contributed by atoms with van der Waals surface area (Å²) >= 11 is 1.25. The summed E-state index contributed by atoms with van der Waals surface area (Å²) in [6.45, 7) is 1.89. The minimum Gasteiger partial charge on any atom is -0.319 e. The lowest BCUT2D eigenvalue weighted by molar-refractivity contribution is 0.0805. The van der Waals surface area contributed by atoms with Crippen LogP contribution in [0, 0.1) is 6.92 Å². The number of aryl methyl sites for hydroxylation is 1. The highest BCUT2D eigenvalue weighted by atomic mass is 32.1. The number of aromatic nitrogens is 1. The quantitative estimate of drug-likeness (QED) is 0.729. The average Bonchev–Trinajstić information content (AvgIpc) is 2.46. The number of rotatable bonds is 2. The van der Waals surface area contributed by atoms with Crippen molar-refractivity contribution >= 4 is 17.3 Å². The van der Waals surface area contributed by atoms with E-state index >= 15 is 0 Å². The number of ketones is 1. The fourth-order valence-corrected chi connectivity index (χ4v) is 2.31. The standard InChI is InChI=1S/C9H12N2OS/c1-6-5-7(13-11-6)8(12)9(10)3-2-4-9/h5H,2-4,10H2,1H3. The number of carbonyl (C=O) groups excluding carboxylic acids is 1. The van der Waals surface area contributed by atoms with Gasteiger partial charge in [-0.1, -0.05) is 0 Å². The second-order valence-electron chi connectivity index (χ2n) is 3.67. The van der Waals surface area contributed by atoms with Crippen LogP contribution in [0.2, 0.25) is 0 Å². The molecule has 0 aliphatic heterocycles. The van der Waals surface area contributed by atoms with Crippen LogP contribution in [-0.4, -0.2) is 15.7 Å². The van der Waals surface area contributed by atoms with Gasteiger partial charge in [0.2, 0.25) is 0 Å². The largest absolute Gasteiger partial charge is 0.319 e. The first-order valence-corrected chi connectivity index (χ1v) is 5.16. The molecule has 1 saturated carbocycles. The van der Waals surface area contributed by atoms with Gasteiger partial charge in [0.1, 0.15) is 0 Å². The van der Waals surface area contributed by atoms with Crippen LogP contribution >= 0.6 is 11.5 Å². The Kier molecular flexibility index (Phi) is 1.96. The molecule has 1 fully saturated rings. The Balaban J connectivity index is 2.22. The van der Waals surface area contributed by atoms with Crippen LogP contribution in [0.3, 0.4) is 0 Å². The Morgan fingerprint density at radius 1 is 1.69 bits per heavy atom. The maximum atomic E-state index is 11.8. The first-order valence-electron chi connectivity index (χ1n) is 4.39. The van der Waals surface area contributed by atoms with Crippen LogP contribution in [0.4, 0.5) is 0 Å². The second kappa shape index (κ2) is 2.89. The van der Waals surface area contributed by atoms with Crippen molar-refractivity contribution in [2.75, 3.05) is 0 Å². The van der Waals surface area contributed by atoms with Gasteiger partial charge in [-0.05, 0) is 43.8 Å². The van der Waals surface area contributed by atoms with Gasteiger partial charge in [0.15, 0.2) is 5.78 Å². The van der Waals surface area contributed by atoms with Crippen LogP contribution in [0.15, 0.2) is 6.07 Å². The summed E-state index contributed by atoms with van der Waals surface area (Å²) in [5.41, 5.74) is 6.25. The summed E-state index contributed by atoms with van der Waals surface area (Å²) in [4.78, 5) is 12.5. The van der Waals surface area contributed by atoms with Gasteiger partial charge in [0.25, 0.3) is 0 Å². The predicted octanol–water partition coefficient (Wildman–Crippen LogP) is 1.52. The maximum Gasteiger partial charge on any atom is 0.194 e. The molecule has 0 amide bonds. The van der Waals surface area contributed by atoms with Crippen molar-refractivity contribution < 1.29 is 4.79 Å². The Labute approximate surface area is 81.1 Å². The Bertz CT molecular complexity index is 341. The zero-order valence-corrected chi connectivity index (χ0v) is 8.36. The molecule has 2 N–H and O–H groups in total. The summed E-state index contributed by atoms with van der Waals surface area (Å²) in [5, 5.41) is 0. The van der Waals surface area contributed by atoms with E-state index in [1.165, 1.54) is 11.5 Å². The molecule has 0 bridgehead atoms. The summed E-state index contributed by atoms with van der Waals surface area (Å²) < 4.78 is 4.07. The van der Waals surface area contributed by atoms with E-state index in [1.54, 1.807) is 0 Å². The lowest BCUT2D eigenvalue weighted by atomic mass is 9.74. The van der Waals surface area contributed by atoms with Gasteiger partial charge in [0.05, 0.1) is 16.1 Å². The topological polar surface area (TPSA) is 56.0 Å². The van der Waals surface area contributed by atoms with Crippen LogP contribution in [0.5, 0.6) is 0 Å². The number of hydrogen-bond donors (Lipinski definition) is 1. The third-order valence-corrected chi connectivity index (χ3v) is 3.43. The Hall–Kier alpha value is -0.740. The molecule has 1 aliphatic rings. The highest BCUT2D eigenvalue weighted by molar-refractivity contribution is 7.08. The van der Waals surface area contributed by atoms with Gasteiger partial charge in [-0.2, -0.15) is 4.37 Å². The van der Waals surface area contributed by atoms with Crippen LogP contribution in [0.25, 0.3) is 0 Å². The fourth-order valence-electron chi connectivity index (χ4n) is 1.50. The minimum absolute atomic E-state index is 0.0735. The molecule has 0 saturated heterocycles. The lowest BCUT2D eigenvalue weighted by Crippen LogP contribution is -2.53. The third kappa shape index (κ3) is 1.40. The van der Waals surface area contributed by atoms with E-state index in [-0.39, 0.29) is 5.78 Å². The molecule has 0 atom stereocenters. The van der Waals surface area contributed by atoms with E-state index in [4.69, 9.17) is 5.73 Å². The van der Waals surface area contributed by atoms with Gasteiger partial charge < -0.3 is 5.73 Å². The van der Waals surface area contributed by atoms with Crippen molar-refractivity contribution in [2.45, 2.75) is 31.7 Å². The Morgan fingerprint density at radius 3 is 2.77 bits per heavy atom. The number of carbonyl (C=O) groups is 1. The molecule has 3 nitrogen and oxygen atoms in total. The third-order valence-electron chi connectivity index (χ3n) is 2.55. The van der Waals surface area contributed by atoms with E-state index in [9.17, 15) is 4.79 Å².